The molecule has 1 saturated heterocycles. The van der Waals surface area contributed by atoms with Crippen LogP contribution in [0, 0.1) is 23.2 Å². The highest BCUT2D eigenvalue weighted by Crippen LogP contribution is 2.56. The molecular formula is C20H26O4. The molecule has 3 aliphatic rings. The fourth-order valence-corrected chi connectivity index (χ4v) is 4.58. The van der Waals surface area contributed by atoms with E-state index >= 15 is 0 Å². The van der Waals surface area contributed by atoms with Crippen molar-refractivity contribution in [2.75, 3.05) is 0 Å². The molecule has 2 aliphatic carbocycles. The van der Waals surface area contributed by atoms with Gasteiger partial charge >= 0.3 is 11.9 Å². The number of fused-ring (bicyclic) bond motifs is 3. The first-order chi connectivity index (χ1) is 11.2. The normalized spacial score (nSPS) is 40.4. The zero-order valence-electron chi connectivity index (χ0n) is 14.9. The summed E-state index contributed by atoms with van der Waals surface area (Å²) in [5.41, 5.74) is 1.58. The second-order valence-corrected chi connectivity index (χ2v) is 7.89. The Bertz CT molecular complexity index is 640. The maximum absolute atomic E-state index is 12.1. The first-order valence-electron chi connectivity index (χ1n) is 8.67. The standard InChI is InChI=1S/C20H26O4/c1-11(2)10-16(21)23-15-7-6-12(3)17-18-14(8-9-20(15,17)5)13(4)19(22)24-18/h6-7,10,13-15,17-18H,3,8-9H2,1-2,4-5H3/t13-,14+,15-,17+,18-,20-/m1/s1. The van der Waals surface area contributed by atoms with E-state index < -0.39 is 0 Å². The van der Waals surface area contributed by atoms with Crippen LogP contribution in [-0.2, 0) is 19.1 Å². The molecule has 130 valence electrons. The third-order valence-electron chi connectivity index (χ3n) is 5.93. The van der Waals surface area contributed by atoms with Crippen LogP contribution < -0.4 is 0 Å². The zero-order chi connectivity index (χ0) is 17.6. The highest BCUT2D eigenvalue weighted by atomic mass is 16.6. The van der Waals surface area contributed by atoms with E-state index in [0.717, 1.165) is 24.0 Å². The van der Waals surface area contributed by atoms with Gasteiger partial charge in [-0.1, -0.05) is 32.1 Å². The third-order valence-corrected chi connectivity index (χ3v) is 5.93. The van der Waals surface area contributed by atoms with Gasteiger partial charge in [0.25, 0.3) is 0 Å². The molecule has 0 radical (unpaired) electrons. The lowest BCUT2D eigenvalue weighted by Crippen LogP contribution is -2.53. The molecule has 1 aliphatic heterocycles. The molecule has 0 bridgehead atoms. The molecule has 1 saturated carbocycles. The van der Waals surface area contributed by atoms with Crippen molar-refractivity contribution < 1.29 is 19.1 Å². The van der Waals surface area contributed by atoms with Gasteiger partial charge in [-0.25, -0.2) is 4.79 Å². The average molecular weight is 330 g/mol. The Morgan fingerprint density at radius 2 is 2.17 bits per heavy atom. The van der Waals surface area contributed by atoms with E-state index in [1.54, 1.807) is 0 Å². The van der Waals surface area contributed by atoms with Crippen molar-refractivity contribution in [3.63, 3.8) is 0 Å². The molecule has 2 fully saturated rings. The Morgan fingerprint density at radius 1 is 1.46 bits per heavy atom. The molecule has 0 unspecified atom stereocenters. The smallest absolute Gasteiger partial charge is 0.331 e. The number of hydrogen-bond donors (Lipinski definition) is 0. The van der Waals surface area contributed by atoms with Crippen molar-refractivity contribution in [3.8, 4) is 0 Å². The lowest BCUT2D eigenvalue weighted by molar-refractivity contribution is -0.159. The van der Waals surface area contributed by atoms with Gasteiger partial charge in [-0.3, -0.25) is 4.79 Å². The highest BCUT2D eigenvalue weighted by Gasteiger charge is 2.59. The summed E-state index contributed by atoms with van der Waals surface area (Å²) in [6.07, 6.45) is 6.67. The second-order valence-electron chi connectivity index (χ2n) is 7.89. The van der Waals surface area contributed by atoms with E-state index in [0.29, 0.717) is 0 Å². The molecule has 4 nitrogen and oxygen atoms in total. The maximum Gasteiger partial charge on any atom is 0.331 e. The van der Waals surface area contributed by atoms with Gasteiger partial charge in [0.05, 0.1) is 5.92 Å². The Labute approximate surface area is 143 Å². The first-order valence-corrected chi connectivity index (χ1v) is 8.67. The summed E-state index contributed by atoms with van der Waals surface area (Å²) in [6, 6.07) is 0. The van der Waals surface area contributed by atoms with Gasteiger partial charge in [0, 0.05) is 23.3 Å². The molecule has 0 aromatic carbocycles. The Hall–Kier alpha value is -1.84. The van der Waals surface area contributed by atoms with E-state index in [2.05, 4.69) is 13.5 Å². The van der Waals surface area contributed by atoms with Crippen molar-refractivity contribution in [1.82, 2.24) is 0 Å². The average Bonchev–Trinajstić information content (AvgIpc) is 2.76. The van der Waals surface area contributed by atoms with Crippen LogP contribution in [-0.4, -0.2) is 24.1 Å². The number of carbonyl (C=O) groups excluding carboxylic acids is 2. The van der Waals surface area contributed by atoms with E-state index in [1.165, 1.54) is 6.08 Å². The third kappa shape index (κ3) is 2.62. The molecule has 0 aromatic rings. The molecular weight excluding hydrogens is 304 g/mol. The lowest BCUT2D eigenvalue weighted by Gasteiger charge is -2.51. The van der Waals surface area contributed by atoms with Crippen molar-refractivity contribution in [2.45, 2.75) is 52.7 Å². The predicted molar refractivity (Wildman–Crippen MR) is 91.0 cm³/mol. The second kappa shape index (κ2) is 5.91. The number of hydrogen-bond acceptors (Lipinski definition) is 4. The molecule has 0 amide bonds. The summed E-state index contributed by atoms with van der Waals surface area (Å²) in [5, 5.41) is 0. The van der Waals surface area contributed by atoms with Gasteiger partial charge < -0.3 is 9.47 Å². The van der Waals surface area contributed by atoms with Crippen molar-refractivity contribution in [2.24, 2.45) is 23.2 Å². The van der Waals surface area contributed by atoms with Crippen LogP contribution in [0.2, 0.25) is 0 Å². The van der Waals surface area contributed by atoms with Crippen molar-refractivity contribution >= 4 is 11.9 Å². The number of ether oxygens (including phenoxy) is 2. The molecule has 0 spiro atoms. The van der Waals surface area contributed by atoms with Crippen LogP contribution in [0.1, 0.15) is 40.5 Å². The van der Waals surface area contributed by atoms with Crippen LogP contribution in [0.15, 0.2) is 36.0 Å². The van der Waals surface area contributed by atoms with Gasteiger partial charge in [0.15, 0.2) is 0 Å². The molecule has 1 heterocycles. The summed E-state index contributed by atoms with van der Waals surface area (Å²) in [6.45, 7) is 12.0. The molecule has 4 heteroatoms. The van der Waals surface area contributed by atoms with E-state index in [1.807, 2.05) is 32.9 Å². The minimum Gasteiger partial charge on any atom is -0.461 e. The topological polar surface area (TPSA) is 52.6 Å². The fourth-order valence-electron chi connectivity index (χ4n) is 4.58. The monoisotopic (exact) mass is 330 g/mol. The summed E-state index contributed by atoms with van der Waals surface area (Å²) in [7, 11) is 0. The van der Waals surface area contributed by atoms with Crippen LogP contribution in [0.25, 0.3) is 0 Å². The number of esters is 2. The van der Waals surface area contributed by atoms with Crippen LogP contribution in [0.4, 0.5) is 0 Å². The SMILES string of the molecule is C=C1C=C[C@@H](OC(=O)C=C(C)C)[C@@]2(C)CC[C@@H]3[C@@H](OC(=O)[C@@H]3C)[C@H]12. The number of carbonyl (C=O) groups is 2. The van der Waals surface area contributed by atoms with Crippen molar-refractivity contribution in [3.05, 3.63) is 36.0 Å². The van der Waals surface area contributed by atoms with Crippen LogP contribution in [0.3, 0.4) is 0 Å². The molecule has 3 rings (SSSR count). The summed E-state index contributed by atoms with van der Waals surface area (Å²) in [5.74, 6) is -0.275. The Kier molecular flexibility index (Phi) is 4.18. The van der Waals surface area contributed by atoms with Gasteiger partial charge in [0.1, 0.15) is 12.2 Å². The van der Waals surface area contributed by atoms with Crippen molar-refractivity contribution in [1.29, 1.82) is 0 Å². The molecule has 0 N–H and O–H groups in total. The Morgan fingerprint density at radius 3 is 2.83 bits per heavy atom. The quantitative estimate of drug-likeness (QED) is 0.573. The maximum atomic E-state index is 12.1. The minimum atomic E-state index is -0.327. The zero-order valence-corrected chi connectivity index (χ0v) is 14.9. The summed E-state index contributed by atoms with van der Waals surface area (Å²) >= 11 is 0. The van der Waals surface area contributed by atoms with E-state index in [9.17, 15) is 9.59 Å². The Balaban J connectivity index is 1.90. The largest absolute Gasteiger partial charge is 0.461 e. The molecule has 6 atom stereocenters. The van der Waals surface area contributed by atoms with Gasteiger partial charge in [0.2, 0.25) is 0 Å². The summed E-state index contributed by atoms with van der Waals surface area (Å²) in [4.78, 5) is 24.2. The van der Waals surface area contributed by atoms with E-state index in [4.69, 9.17) is 9.47 Å². The van der Waals surface area contributed by atoms with Gasteiger partial charge in [-0.2, -0.15) is 0 Å². The summed E-state index contributed by atoms with van der Waals surface area (Å²) < 4.78 is 11.5. The first kappa shape index (κ1) is 17.0. The predicted octanol–water partition coefficient (Wildman–Crippen LogP) is 3.58. The van der Waals surface area contributed by atoms with Crippen LogP contribution >= 0.6 is 0 Å². The van der Waals surface area contributed by atoms with Gasteiger partial charge in [-0.05, 0) is 38.3 Å². The molecule has 24 heavy (non-hydrogen) atoms. The van der Waals surface area contributed by atoms with Crippen LogP contribution in [0.5, 0.6) is 0 Å². The van der Waals surface area contributed by atoms with E-state index in [-0.39, 0.29) is 47.3 Å². The lowest BCUT2D eigenvalue weighted by atomic mass is 9.55. The molecule has 0 aromatic heterocycles. The minimum absolute atomic E-state index is 0.000321. The van der Waals surface area contributed by atoms with Gasteiger partial charge in [-0.15, -0.1) is 0 Å². The number of allylic oxidation sites excluding steroid dienone is 2. The number of rotatable bonds is 2. The highest BCUT2D eigenvalue weighted by molar-refractivity contribution is 5.83. The fraction of sp³-hybridized carbons (Fsp3) is 0.600.